The van der Waals surface area contributed by atoms with Gasteiger partial charge in [-0.25, -0.2) is 0 Å². The maximum Gasteiger partial charge on any atom is 0.253 e. The maximum atomic E-state index is 11.7. The molecule has 0 unspecified atom stereocenters. The van der Waals surface area contributed by atoms with E-state index in [4.69, 9.17) is 27.9 Å². The zero-order chi connectivity index (χ0) is 13.5. The molecule has 18 heavy (non-hydrogen) atoms. The molecule has 3 nitrogen and oxygen atoms in total. The molecule has 0 spiro atoms. The molecule has 1 heterocycles. The molecular formula is C12H17Cl2NO2S. The van der Waals surface area contributed by atoms with Gasteiger partial charge in [-0.3, -0.25) is 4.79 Å². The van der Waals surface area contributed by atoms with Crippen LogP contribution in [-0.4, -0.2) is 25.7 Å². The Bertz CT molecular complexity index is 393. The molecule has 0 atom stereocenters. The van der Waals surface area contributed by atoms with E-state index in [1.54, 1.807) is 6.07 Å². The van der Waals surface area contributed by atoms with Crippen molar-refractivity contribution in [3.05, 3.63) is 20.3 Å². The summed E-state index contributed by atoms with van der Waals surface area (Å²) in [6.45, 7) is 6.17. The highest BCUT2D eigenvalue weighted by atomic mass is 35.5. The second kappa shape index (κ2) is 8.00. The smallest absolute Gasteiger partial charge is 0.253 e. The lowest BCUT2D eigenvalue weighted by Crippen LogP contribution is -2.25. The summed E-state index contributed by atoms with van der Waals surface area (Å²) in [7, 11) is 0. The standard InChI is InChI=1S/C12H17Cl2NO2S/c1-8(2)7-17-5-3-4-15-12(16)9-6-10(13)18-11(9)14/h6,8H,3-5,7H2,1-2H3,(H,15,16). The first-order valence-corrected chi connectivity index (χ1v) is 7.38. The van der Waals surface area contributed by atoms with Gasteiger partial charge in [-0.2, -0.15) is 0 Å². The zero-order valence-corrected chi connectivity index (χ0v) is 12.8. The number of rotatable bonds is 7. The number of ether oxygens (including phenoxy) is 1. The molecule has 0 saturated carbocycles. The van der Waals surface area contributed by atoms with E-state index in [1.165, 1.54) is 11.3 Å². The van der Waals surface area contributed by atoms with E-state index in [2.05, 4.69) is 19.2 Å². The normalized spacial score (nSPS) is 10.9. The molecule has 0 aliphatic carbocycles. The number of hydrogen-bond acceptors (Lipinski definition) is 3. The van der Waals surface area contributed by atoms with Gasteiger partial charge in [0.1, 0.15) is 4.34 Å². The zero-order valence-electron chi connectivity index (χ0n) is 10.5. The quantitative estimate of drug-likeness (QED) is 0.777. The Morgan fingerprint density at radius 1 is 1.50 bits per heavy atom. The highest BCUT2D eigenvalue weighted by Crippen LogP contribution is 2.30. The minimum absolute atomic E-state index is 0.188. The Morgan fingerprint density at radius 3 is 2.78 bits per heavy atom. The lowest BCUT2D eigenvalue weighted by molar-refractivity contribution is 0.0925. The molecule has 0 aliphatic rings. The number of nitrogens with one attached hydrogen (secondary N) is 1. The van der Waals surface area contributed by atoms with Crippen molar-refractivity contribution in [2.45, 2.75) is 20.3 Å². The monoisotopic (exact) mass is 309 g/mol. The molecule has 0 fully saturated rings. The van der Waals surface area contributed by atoms with E-state index in [9.17, 15) is 4.79 Å². The van der Waals surface area contributed by atoms with Crippen molar-refractivity contribution >= 4 is 40.4 Å². The van der Waals surface area contributed by atoms with Crippen LogP contribution in [0.4, 0.5) is 0 Å². The summed E-state index contributed by atoms with van der Waals surface area (Å²) in [5.41, 5.74) is 0.440. The highest BCUT2D eigenvalue weighted by molar-refractivity contribution is 7.20. The van der Waals surface area contributed by atoms with Crippen LogP contribution in [0.5, 0.6) is 0 Å². The van der Waals surface area contributed by atoms with Crippen molar-refractivity contribution in [2.75, 3.05) is 19.8 Å². The van der Waals surface area contributed by atoms with Crippen molar-refractivity contribution in [3.8, 4) is 0 Å². The molecule has 102 valence electrons. The van der Waals surface area contributed by atoms with Gasteiger partial charge < -0.3 is 10.1 Å². The summed E-state index contributed by atoms with van der Waals surface area (Å²) in [6.07, 6.45) is 0.786. The second-order valence-corrected chi connectivity index (χ2v) is 6.60. The number of carbonyl (C=O) groups is 1. The highest BCUT2D eigenvalue weighted by Gasteiger charge is 2.13. The van der Waals surface area contributed by atoms with Crippen LogP contribution in [0.2, 0.25) is 8.67 Å². The molecule has 1 rings (SSSR count). The summed E-state index contributed by atoms with van der Waals surface area (Å²) in [5, 5.41) is 2.79. The average Bonchev–Trinajstić information content (AvgIpc) is 2.62. The summed E-state index contributed by atoms with van der Waals surface area (Å²) in [6, 6.07) is 1.58. The Labute approximate surface area is 121 Å². The van der Waals surface area contributed by atoms with E-state index in [0.29, 0.717) is 33.3 Å². The second-order valence-electron chi connectivity index (χ2n) is 4.32. The minimum atomic E-state index is -0.188. The van der Waals surface area contributed by atoms with Crippen LogP contribution in [0, 0.1) is 5.92 Å². The van der Waals surface area contributed by atoms with Crippen molar-refractivity contribution in [2.24, 2.45) is 5.92 Å². The number of halogens is 2. The van der Waals surface area contributed by atoms with E-state index >= 15 is 0 Å². The van der Waals surface area contributed by atoms with Gasteiger partial charge in [-0.05, 0) is 18.4 Å². The molecule has 0 radical (unpaired) electrons. The van der Waals surface area contributed by atoms with Gasteiger partial charge in [-0.1, -0.05) is 37.0 Å². The van der Waals surface area contributed by atoms with Gasteiger partial charge >= 0.3 is 0 Å². The molecule has 0 saturated heterocycles. The third-order valence-corrected chi connectivity index (χ3v) is 3.59. The molecule has 0 bridgehead atoms. The fourth-order valence-electron chi connectivity index (χ4n) is 1.29. The molecule has 0 aliphatic heterocycles. The average molecular weight is 310 g/mol. The van der Waals surface area contributed by atoms with Gasteiger partial charge in [0.25, 0.3) is 5.91 Å². The molecule has 1 aromatic heterocycles. The topological polar surface area (TPSA) is 38.3 Å². The number of carbonyl (C=O) groups excluding carboxylic acids is 1. The SMILES string of the molecule is CC(C)COCCCNC(=O)c1cc(Cl)sc1Cl. The fourth-order valence-corrected chi connectivity index (χ4v) is 2.74. The van der Waals surface area contributed by atoms with Gasteiger partial charge in [0, 0.05) is 19.8 Å². The first kappa shape index (κ1) is 15.8. The van der Waals surface area contributed by atoms with Crippen LogP contribution in [0.3, 0.4) is 0 Å². The summed E-state index contributed by atoms with van der Waals surface area (Å²) >= 11 is 12.9. The number of amides is 1. The molecule has 0 aromatic carbocycles. The fraction of sp³-hybridized carbons (Fsp3) is 0.583. The van der Waals surface area contributed by atoms with Crippen molar-refractivity contribution in [1.82, 2.24) is 5.32 Å². The van der Waals surface area contributed by atoms with E-state index in [1.807, 2.05) is 0 Å². The number of hydrogen-bond donors (Lipinski definition) is 1. The van der Waals surface area contributed by atoms with Crippen LogP contribution in [0.25, 0.3) is 0 Å². The van der Waals surface area contributed by atoms with Gasteiger partial charge in [0.2, 0.25) is 0 Å². The van der Waals surface area contributed by atoms with Crippen LogP contribution >= 0.6 is 34.5 Å². The predicted molar refractivity (Wildman–Crippen MR) is 76.9 cm³/mol. The number of thiophene rings is 1. The minimum Gasteiger partial charge on any atom is -0.381 e. The molecule has 1 N–H and O–H groups in total. The summed E-state index contributed by atoms with van der Waals surface area (Å²) in [4.78, 5) is 11.7. The van der Waals surface area contributed by atoms with Crippen LogP contribution in [0.15, 0.2) is 6.07 Å². The predicted octanol–water partition coefficient (Wildman–Crippen LogP) is 3.85. The Morgan fingerprint density at radius 2 is 2.22 bits per heavy atom. The third-order valence-electron chi connectivity index (χ3n) is 2.10. The molecule has 1 aromatic rings. The van der Waals surface area contributed by atoms with Crippen LogP contribution in [0.1, 0.15) is 30.6 Å². The van der Waals surface area contributed by atoms with Crippen molar-refractivity contribution in [3.63, 3.8) is 0 Å². The van der Waals surface area contributed by atoms with Crippen LogP contribution < -0.4 is 5.32 Å². The van der Waals surface area contributed by atoms with E-state index in [-0.39, 0.29) is 5.91 Å². The summed E-state index contributed by atoms with van der Waals surface area (Å²) in [5.74, 6) is 0.346. The lowest BCUT2D eigenvalue weighted by atomic mass is 10.2. The van der Waals surface area contributed by atoms with E-state index < -0.39 is 0 Å². The van der Waals surface area contributed by atoms with E-state index in [0.717, 1.165) is 13.0 Å². The third kappa shape index (κ3) is 5.57. The van der Waals surface area contributed by atoms with Gasteiger partial charge in [0.05, 0.1) is 9.90 Å². The molecular weight excluding hydrogens is 293 g/mol. The van der Waals surface area contributed by atoms with Crippen molar-refractivity contribution < 1.29 is 9.53 Å². The summed E-state index contributed by atoms with van der Waals surface area (Å²) < 4.78 is 6.36. The Kier molecular flexibility index (Phi) is 7.00. The maximum absolute atomic E-state index is 11.7. The Balaban J connectivity index is 2.20. The van der Waals surface area contributed by atoms with Gasteiger partial charge in [0.15, 0.2) is 0 Å². The Hall–Kier alpha value is -0.290. The first-order valence-electron chi connectivity index (χ1n) is 5.81. The lowest BCUT2D eigenvalue weighted by Gasteiger charge is -2.07. The molecule has 1 amide bonds. The largest absolute Gasteiger partial charge is 0.381 e. The molecule has 6 heteroatoms. The van der Waals surface area contributed by atoms with Crippen LogP contribution in [-0.2, 0) is 4.74 Å². The van der Waals surface area contributed by atoms with Crippen molar-refractivity contribution in [1.29, 1.82) is 0 Å². The van der Waals surface area contributed by atoms with Gasteiger partial charge in [-0.15, -0.1) is 11.3 Å². The first-order chi connectivity index (χ1) is 8.50.